The minimum atomic E-state index is -4.01. The minimum absolute atomic E-state index is 0.172. The Morgan fingerprint density at radius 1 is 1.29 bits per heavy atom. The average molecular weight is 316 g/mol. The SMILES string of the molecule is NCC(NS(=O)(=O)c1c[nH]c(=O)[nH]c1=O)C1CCCCC1. The lowest BCUT2D eigenvalue weighted by Gasteiger charge is -2.29. The molecule has 1 atom stereocenters. The Morgan fingerprint density at radius 2 is 1.95 bits per heavy atom. The van der Waals surface area contributed by atoms with Gasteiger partial charge in [-0.05, 0) is 18.8 Å². The summed E-state index contributed by atoms with van der Waals surface area (Å²) in [6, 6.07) is -0.401. The van der Waals surface area contributed by atoms with Crippen LogP contribution in [0.2, 0.25) is 0 Å². The molecule has 5 N–H and O–H groups in total. The number of aromatic nitrogens is 2. The molecule has 1 aliphatic rings. The van der Waals surface area contributed by atoms with Crippen molar-refractivity contribution in [2.75, 3.05) is 6.54 Å². The van der Waals surface area contributed by atoms with E-state index in [1.807, 2.05) is 4.98 Å². The number of sulfonamides is 1. The molecule has 0 amide bonds. The van der Waals surface area contributed by atoms with Crippen LogP contribution in [0.3, 0.4) is 0 Å². The summed E-state index contributed by atoms with van der Waals surface area (Å²) in [4.78, 5) is 26.1. The van der Waals surface area contributed by atoms with Gasteiger partial charge in [0.15, 0.2) is 4.90 Å². The van der Waals surface area contributed by atoms with Gasteiger partial charge in [-0.3, -0.25) is 9.78 Å². The number of hydrogen-bond acceptors (Lipinski definition) is 5. The van der Waals surface area contributed by atoms with E-state index in [2.05, 4.69) is 9.71 Å². The summed E-state index contributed by atoms with van der Waals surface area (Å²) < 4.78 is 27.0. The highest BCUT2D eigenvalue weighted by atomic mass is 32.2. The molecule has 8 nitrogen and oxygen atoms in total. The molecule has 0 saturated heterocycles. The number of hydrogen-bond donors (Lipinski definition) is 4. The first-order chi connectivity index (χ1) is 9.94. The lowest BCUT2D eigenvalue weighted by molar-refractivity contribution is 0.294. The molecule has 1 fully saturated rings. The summed E-state index contributed by atoms with van der Waals surface area (Å²) in [7, 11) is -4.01. The van der Waals surface area contributed by atoms with E-state index in [1.165, 1.54) is 0 Å². The Kier molecular flexibility index (Phi) is 4.96. The lowest BCUT2D eigenvalue weighted by atomic mass is 9.84. The normalized spacial score (nSPS) is 18.5. The van der Waals surface area contributed by atoms with E-state index >= 15 is 0 Å². The molecule has 1 aliphatic carbocycles. The fraction of sp³-hybridized carbons (Fsp3) is 0.667. The fourth-order valence-electron chi connectivity index (χ4n) is 2.73. The zero-order chi connectivity index (χ0) is 15.5. The summed E-state index contributed by atoms with van der Waals surface area (Å²) >= 11 is 0. The molecule has 0 aromatic carbocycles. The van der Waals surface area contributed by atoms with E-state index in [9.17, 15) is 18.0 Å². The van der Waals surface area contributed by atoms with Crippen molar-refractivity contribution in [2.45, 2.75) is 43.0 Å². The highest BCUT2D eigenvalue weighted by molar-refractivity contribution is 7.89. The van der Waals surface area contributed by atoms with Crippen LogP contribution in [0.5, 0.6) is 0 Å². The van der Waals surface area contributed by atoms with Crippen LogP contribution in [0.15, 0.2) is 20.7 Å². The number of nitrogens with two attached hydrogens (primary N) is 1. The molecule has 1 unspecified atom stereocenters. The standard InChI is InChI=1S/C12H20N4O4S/c13-6-9(8-4-2-1-3-5-8)16-21(19,20)10-7-14-12(18)15-11(10)17/h7-9,16H,1-6,13H2,(H2,14,15,17,18). The van der Waals surface area contributed by atoms with E-state index in [4.69, 9.17) is 5.73 Å². The predicted molar refractivity (Wildman–Crippen MR) is 77.4 cm³/mol. The lowest BCUT2D eigenvalue weighted by Crippen LogP contribution is -2.47. The second-order valence-electron chi connectivity index (χ2n) is 5.30. The van der Waals surface area contributed by atoms with Crippen molar-refractivity contribution < 1.29 is 8.42 Å². The van der Waals surface area contributed by atoms with E-state index in [1.54, 1.807) is 0 Å². The second-order valence-corrected chi connectivity index (χ2v) is 6.98. The van der Waals surface area contributed by atoms with Gasteiger partial charge in [-0.1, -0.05) is 19.3 Å². The Bertz CT molecular complexity index is 688. The van der Waals surface area contributed by atoms with Gasteiger partial charge in [0, 0.05) is 18.8 Å². The monoisotopic (exact) mass is 316 g/mol. The number of aromatic amines is 2. The van der Waals surface area contributed by atoms with Crippen molar-refractivity contribution in [3.63, 3.8) is 0 Å². The van der Waals surface area contributed by atoms with Gasteiger partial charge in [-0.25, -0.2) is 17.9 Å². The molecule has 1 heterocycles. The Balaban J connectivity index is 2.22. The van der Waals surface area contributed by atoms with Crippen LogP contribution >= 0.6 is 0 Å². The molecule has 9 heteroatoms. The zero-order valence-electron chi connectivity index (χ0n) is 11.6. The van der Waals surface area contributed by atoms with Gasteiger partial charge in [0.1, 0.15) is 0 Å². The van der Waals surface area contributed by atoms with Crippen LogP contribution in [0.1, 0.15) is 32.1 Å². The van der Waals surface area contributed by atoms with Crippen molar-refractivity contribution in [3.8, 4) is 0 Å². The minimum Gasteiger partial charge on any atom is -0.329 e. The molecule has 0 bridgehead atoms. The van der Waals surface area contributed by atoms with Crippen molar-refractivity contribution in [3.05, 3.63) is 27.0 Å². The fourth-order valence-corrected chi connectivity index (χ4v) is 4.06. The molecule has 1 saturated carbocycles. The molecule has 21 heavy (non-hydrogen) atoms. The third-order valence-electron chi connectivity index (χ3n) is 3.85. The van der Waals surface area contributed by atoms with E-state index in [0.29, 0.717) is 0 Å². The summed E-state index contributed by atoms with van der Waals surface area (Å²) in [5, 5.41) is 0. The number of nitrogens with one attached hydrogen (secondary N) is 3. The molecule has 0 spiro atoms. The quantitative estimate of drug-likeness (QED) is 0.566. The molecule has 118 valence electrons. The largest absolute Gasteiger partial charge is 0.329 e. The number of rotatable bonds is 5. The first-order valence-electron chi connectivity index (χ1n) is 6.98. The van der Waals surface area contributed by atoms with Gasteiger partial charge < -0.3 is 10.7 Å². The molecule has 1 aromatic heterocycles. The maximum absolute atomic E-state index is 12.3. The zero-order valence-corrected chi connectivity index (χ0v) is 12.4. The Labute approximate surface area is 122 Å². The van der Waals surface area contributed by atoms with Gasteiger partial charge in [-0.2, -0.15) is 0 Å². The van der Waals surface area contributed by atoms with E-state index in [0.717, 1.165) is 38.3 Å². The maximum atomic E-state index is 12.3. The summed E-state index contributed by atoms with van der Waals surface area (Å²) in [6.45, 7) is 0.172. The van der Waals surface area contributed by atoms with Crippen LogP contribution in [0.25, 0.3) is 0 Å². The van der Waals surface area contributed by atoms with Crippen molar-refractivity contribution in [2.24, 2.45) is 11.7 Å². The van der Waals surface area contributed by atoms with Crippen LogP contribution < -0.4 is 21.7 Å². The predicted octanol–water partition coefficient (Wildman–Crippen LogP) is -0.751. The van der Waals surface area contributed by atoms with Gasteiger partial charge in [-0.15, -0.1) is 0 Å². The van der Waals surface area contributed by atoms with Crippen molar-refractivity contribution >= 4 is 10.0 Å². The first kappa shape index (κ1) is 15.9. The third-order valence-corrected chi connectivity index (χ3v) is 5.35. The Hall–Kier alpha value is -1.45. The Morgan fingerprint density at radius 3 is 2.52 bits per heavy atom. The summed E-state index contributed by atoms with van der Waals surface area (Å²) in [5.41, 5.74) is 3.99. The molecular formula is C12H20N4O4S. The molecule has 0 aliphatic heterocycles. The van der Waals surface area contributed by atoms with Crippen LogP contribution in [0, 0.1) is 5.92 Å². The molecule has 1 aromatic rings. The van der Waals surface area contributed by atoms with Gasteiger partial charge >= 0.3 is 5.69 Å². The topological polar surface area (TPSA) is 138 Å². The van der Waals surface area contributed by atoms with E-state index in [-0.39, 0.29) is 12.5 Å². The highest BCUT2D eigenvalue weighted by Crippen LogP contribution is 2.26. The maximum Gasteiger partial charge on any atom is 0.325 e. The summed E-state index contributed by atoms with van der Waals surface area (Å²) in [6.07, 6.45) is 6.01. The second kappa shape index (κ2) is 6.54. The smallest absolute Gasteiger partial charge is 0.325 e. The van der Waals surface area contributed by atoms with Crippen LogP contribution in [0.4, 0.5) is 0 Å². The van der Waals surface area contributed by atoms with Crippen LogP contribution in [-0.4, -0.2) is 31.0 Å². The third kappa shape index (κ3) is 3.80. The van der Waals surface area contributed by atoms with Crippen molar-refractivity contribution in [1.82, 2.24) is 14.7 Å². The number of H-pyrrole nitrogens is 2. The van der Waals surface area contributed by atoms with Crippen molar-refractivity contribution in [1.29, 1.82) is 0 Å². The van der Waals surface area contributed by atoms with E-state index < -0.39 is 32.2 Å². The van der Waals surface area contributed by atoms with Gasteiger partial charge in [0.2, 0.25) is 10.0 Å². The molecule has 0 radical (unpaired) electrons. The molecular weight excluding hydrogens is 296 g/mol. The van der Waals surface area contributed by atoms with Gasteiger partial charge in [0.05, 0.1) is 0 Å². The highest BCUT2D eigenvalue weighted by Gasteiger charge is 2.28. The van der Waals surface area contributed by atoms with Gasteiger partial charge in [0.25, 0.3) is 5.56 Å². The van der Waals surface area contributed by atoms with Crippen LogP contribution in [-0.2, 0) is 10.0 Å². The first-order valence-corrected chi connectivity index (χ1v) is 8.47. The molecule has 2 rings (SSSR count). The summed E-state index contributed by atoms with van der Waals surface area (Å²) in [5.74, 6) is 0.181. The average Bonchev–Trinajstić information content (AvgIpc) is 2.45.